The van der Waals surface area contributed by atoms with E-state index in [4.69, 9.17) is 4.42 Å². The van der Waals surface area contributed by atoms with Gasteiger partial charge in [-0.3, -0.25) is 9.59 Å². The summed E-state index contributed by atoms with van der Waals surface area (Å²) in [6.07, 6.45) is 0. The van der Waals surface area contributed by atoms with E-state index in [-0.39, 0.29) is 17.1 Å². The maximum atomic E-state index is 13.4. The summed E-state index contributed by atoms with van der Waals surface area (Å²) in [6.45, 7) is 5.64. The van der Waals surface area contributed by atoms with Gasteiger partial charge >= 0.3 is 0 Å². The van der Waals surface area contributed by atoms with Gasteiger partial charge in [0.25, 0.3) is 5.91 Å². The van der Waals surface area contributed by atoms with Crippen LogP contribution in [0.5, 0.6) is 0 Å². The number of hydrogen-bond acceptors (Lipinski definition) is 3. The topological polar surface area (TPSA) is 55.0 Å². The molecule has 0 bridgehead atoms. The molecule has 5 nitrogen and oxygen atoms in total. The highest BCUT2D eigenvalue weighted by molar-refractivity contribution is 5.99. The van der Waals surface area contributed by atoms with Crippen LogP contribution in [0.4, 0.5) is 0 Å². The zero-order valence-electron chi connectivity index (χ0n) is 17.4. The van der Waals surface area contributed by atoms with Crippen LogP contribution in [0.1, 0.15) is 53.1 Å². The van der Waals surface area contributed by atoms with Gasteiger partial charge in [-0.15, -0.1) is 0 Å². The zero-order chi connectivity index (χ0) is 20.7. The number of quaternary nitrogens is 1. The average Bonchev–Trinajstić information content (AvgIpc) is 2.99. The summed E-state index contributed by atoms with van der Waals surface area (Å²) in [5.41, 5.74) is 2.97. The average molecular weight is 391 g/mol. The molecule has 1 aliphatic heterocycles. The van der Waals surface area contributed by atoms with Crippen LogP contribution in [0, 0.1) is 0 Å². The van der Waals surface area contributed by atoms with Crippen LogP contribution in [0.15, 0.2) is 57.7 Å². The number of nitrogens with one attached hydrogen (secondary N) is 1. The zero-order valence-corrected chi connectivity index (χ0v) is 17.4. The normalized spacial score (nSPS) is 16.3. The van der Waals surface area contributed by atoms with E-state index in [0.717, 1.165) is 12.1 Å². The first-order valence-corrected chi connectivity index (χ1v) is 10.1. The molecule has 1 aromatic heterocycles. The number of carbonyl (C=O) groups is 1. The number of hydrogen-bond donors (Lipinski definition) is 1. The van der Waals surface area contributed by atoms with Crippen molar-refractivity contribution in [3.63, 3.8) is 0 Å². The van der Waals surface area contributed by atoms with Gasteiger partial charge in [-0.25, -0.2) is 0 Å². The van der Waals surface area contributed by atoms with Gasteiger partial charge in [0.15, 0.2) is 5.43 Å². The van der Waals surface area contributed by atoms with Gasteiger partial charge in [0.1, 0.15) is 5.58 Å². The van der Waals surface area contributed by atoms with Crippen LogP contribution in [-0.2, 0) is 0 Å². The second-order valence-electron chi connectivity index (χ2n) is 8.35. The highest BCUT2D eigenvalue weighted by atomic mass is 16.3. The minimum Gasteiger partial charge on any atom is -0.450 e. The monoisotopic (exact) mass is 391 g/mol. The molecule has 2 heterocycles. The highest BCUT2D eigenvalue weighted by Gasteiger charge is 2.42. The minimum atomic E-state index is -0.418. The number of rotatable bonds is 5. The van der Waals surface area contributed by atoms with Gasteiger partial charge < -0.3 is 14.2 Å². The van der Waals surface area contributed by atoms with Crippen LogP contribution >= 0.6 is 0 Å². The van der Waals surface area contributed by atoms with Crippen molar-refractivity contribution in [3.05, 3.63) is 81.2 Å². The van der Waals surface area contributed by atoms with Gasteiger partial charge in [-0.1, -0.05) is 50.2 Å². The third kappa shape index (κ3) is 3.36. The summed E-state index contributed by atoms with van der Waals surface area (Å²) >= 11 is 0. The summed E-state index contributed by atoms with van der Waals surface area (Å²) in [5, 5.41) is 0.517. The molecule has 5 heteroatoms. The van der Waals surface area contributed by atoms with Crippen molar-refractivity contribution >= 4 is 16.9 Å². The Morgan fingerprint density at radius 2 is 1.72 bits per heavy atom. The summed E-state index contributed by atoms with van der Waals surface area (Å²) < 4.78 is 5.95. The Hall–Kier alpha value is -2.92. The molecule has 0 fully saturated rings. The lowest BCUT2D eigenvalue weighted by atomic mass is 9.95. The Morgan fingerprint density at radius 1 is 1.03 bits per heavy atom. The fraction of sp³-hybridized carbons (Fsp3) is 0.333. The molecule has 0 spiro atoms. The lowest BCUT2D eigenvalue weighted by Crippen LogP contribution is -3.06. The molecule has 2 aromatic carbocycles. The molecule has 1 atom stereocenters. The highest BCUT2D eigenvalue weighted by Crippen LogP contribution is 2.38. The molecular formula is C24H27N2O3+. The smallest absolute Gasteiger partial charge is 0.291 e. The van der Waals surface area contributed by atoms with Gasteiger partial charge in [-0.05, 0) is 29.2 Å². The van der Waals surface area contributed by atoms with E-state index < -0.39 is 6.04 Å². The maximum absolute atomic E-state index is 13.4. The number of para-hydroxylation sites is 1. The SMILES string of the molecule is CC(C)c1ccc([C@@H]2c3c(oc4ccccc4c3=O)C(=O)N2CC[NH+](C)C)cc1. The second kappa shape index (κ2) is 7.48. The molecule has 0 unspecified atom stereocenters. The van der Waals surface area contributed by atoms with E-state index in [2.05, 4.69) is 40.1 Å². The molecule has 3 aromatic rings. The fourth-order valence-electron chi connectivity index (χ4n) is 3.95. The number of benzene rings is 2. The molecule has 1 aliphatic rings. The van der Waals surface area contributed by atoms with E-state index in [1.165, 1.54) is 10.5 Å². The van der Waals surface area contributed by atoms with Crippen LogP contribution in [0.2, 0.25) is 0 Å². The van der Waals surface area contributed by atoms with E-state index in [0.29, 0.717) is 29.0 Å². The van der Waals surface area contributed by atoms with E-state index in [9.17, 15) is 9.59 Å². The van der Waals surface area contributed by atoms with Gasteiger partial charge in [-0.2, -0.15) is 0 Å². The number of carbonyl (C=O) groups excluding carboxylic acids is 1. The molecule has 0 saturated carbocycles. The van der Waals surface area contributed by atoms with Gasteiger partial charge in [0.2, 0.25) is 5.76 Å². The molecule has 4 rings (SSSR count). The molecular weight excluding hydrogens is 364 g/mol. The summed E-state index contributed by atoms with van der Waals surface area (Å²) in [7, 11) is 4.11. The fourth-order valence-corrected chi connectivity index (χ4v) is 3.95. The first-order chi connectivity index (χ1) is 13.9. The Labute approximate surface area is 170 Å². The Bertz CT molecular complexity index is 1110. The van der Waals surface area contributed by atoms with Gasteiger partial charge in [0.05, 0.1) is 44.2 Å². The summed E-state index contributed by atoms with van der Waals surface area (Å²) in [6, 6.07) is 15.0. The Kier molecular flexibility index (Phi) is 5.01. The third-order valence-electron chi connectivity index (χ3n) is 5.64. The maximum Gasteiger partial charge on any atom is 0.291 e. The van der Waals surface area contributed by atoms with Crippen molar-refractivity contribution in [1.29, 1.82) is 0 Å². The molecule has 0 saturated heterocycles. The third-order valence-corrected chi connectivity index (χ3v) is 5.64. The minimum absolute atomic E-state index is 0.118. The van der Waals surface area contributed by atoms with Crippen molar-refractivity contribution in [2.75, 3.05) is 27.2 Å². The van der Waals surface area contributed by atoms with E-state index in [1.807, 2.05) is 24.3 Å². The van der Waals surface area contributed by atoms with Gasteiger partial charge in [0, 0.05) is 0 Å². The first kappa shape index (κ1) is 19.4. The van der Waals surface area contributed by atoms with Crippen molar-refractivity contribution in [2.24, 2.45) is 0 Å². The molecule has 0 radical (unpaired) electrons. The summed E-state index contributed by atoms with van der Waals surface area (Å²) in [5.74, 6) is 0.395. The number of likely N-dealkylation sites (N-methyl/N-ethyl adjacent to an activating group) is 1. The number of fused-ring (bicyclic) bond motifs is 2. The van der Waals surface area contributed by atoms with Crippen molar-refractivity contribution in [3.8, 4) is 0 Å². The lowest BCUT2D eigenvalue weighted by Gasteiger charge is -2.25. The van der Waals surface area contributed by atoms with E-state index >= 15 is 0 Å². The lowest BCUT2D eigenvalue weighted by molar-refractivity contribution is -0.857. The van der Waals surface area contributed by atoms with Crippen LogP contribution in [-0.4, -0.2) is 38.0 Å². The molecule has 1 N–H and O–H groups in total. The van der Waals surface area contributed by atoms with Crippen LogP contribution in [0.3, 0.4) is 0 Å². The van der Waals surface area contributed by atoms with Crippen molar-refractivity contribution < 1.29 is 14.1 Å². The number of nitrogens with zero attached hydrogens (tertiary/aromatic N) is 1. The second-order valence-corrected chi connectivity index (χ2v) is 8.35. The molecule has 29 heavy (non-hydrogen) atoms. The standard InChI is InChI=1S/C24H26N2O3/c1-15(2)16-9-11-17(12-10-16)21-20-22(27)18-7-5-6-8-19(18)29-23(20)24(28)26(21)14-13-25(3)4/h5-12,15,21H,13-14H2,1-4H3/p+1/t21-/m1/s1. The summed E-state index contributed by atoms with van der Waals surface area (Å²) in [4.78, 5) is 29.6. The molecule has 1 amide bonds. The van der Waals surface area contributed by atoms with E-state index in [1.54, 1.807) is 17.0 Å². The molecule has 0 aliphatic carbocycles. The molecule has 150 valence electrons. The number of amides is 1. The predicted molar refractivity (Wildman–Crippen MR) is 114 cm³/mol. The van der Waals surface area contributed by atoms with Crippen molar-refractivity contribution in [1.82, 2.24) is 4.90 Å². The largest absolute Gasteiger partial charge is 0.450 e. The van der Waals surface area contributed by atoms with Crippen LogP contribution < -0.4 is 10.3 Å². The predicted octanol–water partition coefficient (Wildman–Crippen LogP) is 2.61. The Balaban J connectivity index is 1.89. The quantitative estimate of drug-likeness (QED) is 0.727. The first-order valence-electron chi connectivity index (χ1n) is 10.1. The van der Waals surface area contributed by atoms with Crippen LogP contribution in [0.25, 0.3) is 11.0 Å². The van der Waals surface area contributed by atoms with Crippen molar-refractivity contribution in [2.45, 2.75) is 25.8 Å². The Morgan fingerprint density at radius 3 is 2.38 bits per heavy atom.